The minimum Gasteiger partial charge on any atom is -0.491 e. The average molecular weight is 2030 g/mol. The molecule has 0 N–H and O–H groups in total. The highest BCUT2D eigenvalue weighted by molar-refractivity contribution is 5.78. The molecule has 13 fully saturated rings. The molecule has 13 saturated carbocycles. The molecule has 11 unspecified atom stereocenters. The predicted molar refractivity (Wildman–Crippen MR) is 583 cm³/mol. The molecule has 0 aromatic heterocycles. The summed E-state index contributed by atoms with van der Waals surface area (Å²) in [6.07, 6.45) is 40.2. The smallest absolute Gasteiger partial charge is 0.313 e. The minimum absolute atomic E-state index is 0.0908. The lowest BCUT2D eigenvalue weighted by molar-refractivity contribution is -0.256. The van der Waals surface area contributed by atoms with Gasteiger partial charge in [-0.25, -0.2) is 0 Å². The van der Waals surface area contributed by atoms with Crippen molar-refractivity contribution in [2.24, 2.45) is 148 Å². The first-order chi connectivity index (χ1) is 68.0. The van der Waals surface area contributed by atoms with Crippen LogP contribution in [-0.4, -0.2) is 112 Å². The minimum atomic E-state index is -0.555. The summed E-state index contributed by atoms with van der Waals surface area (Å²) in [5, 5.41) is 0. The Morgan fingerprint density at radius 1 is 0.352 bits per heavy atom. The topological polar surface area (TPSA) is 222 Å². The zero-order chi connectivity index (χ0) is 108. The molecule has 15 rings (SSSR count). The molecule has 13 aliphatic rings. The van der Waals surface area contributed by atoms with E-state index in [1.54, 1.807) is 0 Å². The van der Waals surface area contributed by atoms with Gasteiger partial charge in [0.25, 0.3) is 0 Å². The molecule has 13 aliphatic carbocycles. The number of ether oxygens (including phenoxy) is 13. The average Bonchev–Trinajstić information content (AvgIpc) is 1.60. The fraction of sp³-hybridized carbons (Fsp3) is 0.857. The summed E-state index contributed by atoms with van der Waals surface area (Å²) in [6, 6.07) is 19.7. The molecular weight excluding hydrogens is 1820 g/mol. The summed E-state index contributed by atoms with van der Waals surface area (Å²) in [5.74, 6) is 11.9. The van der Waals surface area contributed by atoms with Gasteiger partial charge < -0.3 is 61.6 Å². The molecular formula is C126H214O19. The van der Waals surface area contributed by atoms with E-state index in [2.05, 4.69) is 104 Å². The lowest BCUT2D eigenvalue weighted by Crippen LogP contribution is -2.52. The van der Waals surface area contributed by atoms with Crippen LogP contribution < -0.4 is 4.74 Å². The second kappa shape index (κ2) is 55.6. The molecule has 0 saturated heterocycles. The van der Waals surface area contributed by atoms with Gasteiger partial charge >= 0.3 is 35.8 Å². The van der Waals surface area contributed by atoms with E-state index in [-0.39, 0.29) is 68.8 Å². The maximum absolute atomic E-state index is 12.7. The van der Waals surface area contributed by atoms with Crippen LogP contribution in [0.2, 0.25) is 0 Å². The molecule has 145 heavy (non-hydrogen) atoms. The van der Waals surface area contributed by atoms with Crippen LogP contribution in [-0.2, 0) is 92.2 Å². The molecule has 832 valence electrons. The Kier molecular flexibility index (Phi) is 47.9. The highest BCUT2D eigenvalue weighted by atomic mass is 16.7. The first-order valence-electron chi connectivity index (χ1n) is 58.7. The number of para-hydroxylation sites is 1. The normalized spacial score (nSPS) is 26.6. The van der Waals surface area contributed by atoms with Crippen molar-refractivity contribution >= 4 is 35.8 Å². The maximum atomic E-state index is 12.7. The number of esters is 6. The van der Waals surface area contributed by atoms with E-state index in [0.29, 0.717) is 62.3 Å². The Bertz CT molecular complexity index is 4080. The van der Waals surface area contributed by atoms with Gasteiger partial charge in [-0.2, -0.15) is 0 Å². The predicted octanol–water partition coefficient (Wildman–Crippen LogP) is 32.2. The molecule has 0 radical (unpaired) electrons. The van der Waals surface area contributed by atoms with Gasteiger partial charge in [-0.05, 0) is 357 Å². The van der Waals surface area contributed by atoms with Crippen molar-refractivity contribution in [2.75, 3.05) is 26.4 Å². The van der Waals surface area contributed by atoms with Gasteiger partial charge in [0.15, 0.2) is 0 Å². The largest absolute Gasteiger partial charge is 0.491 e. The number of rotatable bonds is 45. The molecule has 19 nitrogen and oxygen atoms in total. The van der Waals surface area contributed by atoms with Crippen LogP contribution in [0.5, 0.6) is 5.75 Å². The van der Waals surface area contributed by atoms with Gasteiger partial charge in [-0.3, -0.25) is 28.8 Å². The van der Waals surface area contributed by atoms with Crippen LogP contribution in [0.1, 0.15) is 465 Å². The van der Waals surface area contributed by atoms with Crippen molar-refractivity contribution in [3.63, 3.8) is 0 Å². The summed E-state index contributed by atoms with van der Waals surface area (Å²) in [6.45, 7) is 69.9. The van der Waals surface area contributed by atoms with E-state index in [1.807, 2.05) is 185 Å². The Morgan fingerprint density at radius 2 is 0.759 bits per heavy atom. The highest BCUT2D eigenvalue weighted by Crippen LogP contribution is 2.61. The van der Waals surface area contributed by atoms with Gasteiger partial charge in [-0.1, -0.05) is 252 Å². The van der Waals surface area contributed by atoms with Gasteiger partial charge in [0, 0.05) is 33.0 Å². The molecule has 0 aliphatic heterocycles. The number of hydrogen-bond donors (Lipinski definition) is 0. The lowest BCUT2D eigenvalue weighted by atomic mass is 9.52. The number of benzene rings is 2. The van der Waals surface area contributed by atoms with E-state index in [0.717, 1.165) is 161 Å². The van der Waals surface area contributed by atoms with Crippen molar-refractivity contribution in [3.05, 3.63) is 66.2 Å². The third-order valence-corrected chi connectivity index (χ3v) is 37.7. The molecule has 11 atom stereocenters. The molecule has 0 amide bonds. The third-order valence-electron chi connectivity index (χ3n) is 37.7. The zero-order valence-corrected chi connectivity index (χ0v) is 98.3. The number of hydrogen-bond acceptors (Lipinski definition) is 19. The van der Waals surface area contributed by atoms with E-state index in [9.17, 15) is 28.8 Å². The first-order valence-corrected chi connectivity index (χ1v) is 58.7. The van der Waals surface area contributed by atoms with Gasteiger partial charge in [0.05, 0.1) is 71.1 Å². The third kappa shape index (κ3) is 35.7. The fourth-order valence-electron chi connectivity index (χ4n) is 24.2. The molecule has 19 heteroatoms. The Hall–Kier alpha value is -5.18. The summed E-state index contributed by atoms with van der Waals surface area (Å²) in [4.78, 5) is 75.2. The fourth-order valence-corrected chi connectivity index (χ4v) is 24.2. The van der Waals surface area contributed by atoms with Crippen LogP contribution in [0.25, 0.3) is 0 Å². The van der Waals surface area contributed by atoms with Gasteiger partial charge in [-0.15, -0.1) is 0 Å². The number of carbonyl (C=O) groups is 6. The van der Waals surface area contributed by atoms with Crippen molar-refractivity contribution < 1.29 is 90.3 Å². The number of fused-ring (bicyclic) bond motifs is 5. The van der Waals surface area contributed by atoms with Crippen LogP contribution >= 0.6 is 0 Å². The van der Waals surface area contributed by atoms with Crippen LogP contribution in [0.3, 0.4) is 0 Å². The molecule has 0 heterocycles. The molecule has 2 aromatic carbocycles. The lowest BCUT2D eigenvalue weighted by Gasteiger charge is -2.55. The van der Waals surface area contributed by atoms with Crippen LogP contribution in [0, 0.1) is 148 Å². The SMILES string of the molecule is CCC(C)(C)C(=O)OC(OC1C2CC3CC(C2)CC1C3)C(C)(C)C.CCC(C)(C)C(=O)OC(OC1CC2CC1C1CCCC21)C(C)C.CCC(C)(C)C(=O)OC(OCC1C2CC3CC(C2)CC1C3)C(C)(C)CC.CCC(C)(C)C(=O)OC(OCCC1CCCCC1)C(C)(C)C.CCC(C)(C)C(=O)OC(OCCOc1ccccc1)C(CC)(CC)CC.CCC(C)(C)C(=O)OC(OCc1ccccc1)C1(C)CCCCC1. The van der Waals surface area contributed by atoms with Crippen molar-refractivity contribution in [3.8, 4) is 5.75 Å². The van der Waals surface area contributed by atoms with Crippen molar-refractivity contribution in [1.82, 2.24) is 0 Å². The van der Waals surface area contributed by atoms with Crippen LogP contribution in [0.4, 0.5) is 0 Å². The molecule has 2 aromatic rings. The summed E-state index contributed by atoms with van der Waals surface area (Å²) in [5.41, 5.74) is -2.48. The zero-order valence-electron chi connectivity index (χ0n) is 98.3. The Balaban J connectivity index is 0.000000213. The standard InChI is InChI=1S/C23H40O3.C22H36O4.C21H36O3.C21H32O3.C20H34O3.C19H36O3/c1-7-22(3,4)20(24)26-21(23(5,6)8-2)25-14-19-17-10-15-9-16(12-17)13-18(19)11-15;1-7-21(5,6)19(23)26-20(22(8-2,9-3)10-4)25-17-16-24-18-14-12-11-13-15-18;1-7-21(5,6)18(22)24-19(20(2,3)4)23-17-15-9-13-8-14(11-15)12-16(17)10-13;1-5-20(2,3)18(22)24-19(21(4)14-10-7-11-15-21)23-16-17-12-8-6-9-13-17;1-6-20(4,5)19(21)23-18(12(2)3)22-17-11-13-10-16(17)15-9-7-8-14(13)15;1-7-19(5,6)16(20)22-17(18(2,3)4)21-14-13-15-11-9-8-10-12-15/h15-19,21H,7-14H2,1-6H3;11-15,20H,7-10,16-17H2,1-6H3;13-17,19H,7-12H2,1-6H3;6,8-9,12-13,19H,5,7,10-11,14-16H2,1-4H3;12-18H,6-11H2,1-5H3;15,17H,7-14H2,1-6H3. The van der Waals surface area contributed by atoms with Crippen molar-refractivity contribution in [2.45, 2.75) is 516 Å². The highest BCUT2D eigenvalue weighted by Gasteiger charge is 2.57. The molecule has 0 spiro atoms. The van der Waals surface area contributed by atoms with E-state index < -0.39 is 70.2 Å². The number of carbonyl (C=O) groups excluding carboxylic acids is 6. The van der Waals surface area contributed by atoms with E-state index in [4.69, 9.17) is 61.6 Å². The van der Waals surface area contributed by atoms with Crippen molar-refractivity contribution in [1.29, 1.82) is 0 Å². The first kappa shape index (κ1) is 125. The second-order valence-corrected chi connectivity index (χ2v) is 54.1. The summed E-state index contributed by atoms with van der Waals surface area (Å²) >= 11 is 0. The van der Waals surface area contributed by atoms with Gasteiger partial charge in [0.2, 0.25) is 37.7 Å². The summed E-state index contributed by atoms with van der Waals surface area (Å²) < 4.78 is 78.3. The van der Waals surface area contributed by atoms with E-state index in [1.165, 1.54) is 148 Å². The summed E-state index contributed by atoms with van der Waals surface area (Å²) in [7, 11) is 0. The molecule has 10 bridgehead atoms. The monoisotopic (exact) mass is 2030 g/mol. The quantitative estimate of drug-likeness (QED) is 0.0260. The van der Waals surface area contributed by atoms with Gasteiger partial charge in [0.1, 0.15) is 12.4 Å². The second-order valence-electron chi connectivity index (χ2n) is 54.1. The Labute approximate surface area is 884 Å². The van der Waals surface area contributed by atoms with Crippen LogP contribution in [0.15, 0.2) is 60.7 Å². The Morgan fingerprint density at radius 3 is 1.20 bits per heavy atom. The van der Waals surface area contributed by atoms with E-state index >= 15 is 0 Å². The maximum Gasteiger partial charge on any atom is 0.313 e.